The van der Waals surface area contributed by atoms with Crippen LogP contribution in [-0.2, 0) is 6.42 Å². The predicted molar refractivity (Wildman–Crippen MR) is 61.8 cm³/mol. The van der Waals surface area contributed by atoms with E-state index in [1.807, 2.05) is 0 Å². The van der Waals surface area contributed by atoms with Crippen molar-refractivity contribution in [2.24, 2.45) is 11.8 Å². The molecule has 3 unspecified atom stereocenters. The lowest BCUT2D eigenvalue weighted by molar-refractivity contribution is 0.403. The normalized spacial score (nSPS) is 26.6. The van der Waals surface area contributed by atoms with Crippen LogP contribution in [0.1, 0.15) is 44.8 Å². The Hall–Kier alpha value is -0.760. The van der Waals surface area contributed by atoms with Gasteiger partial charge in [0.15, 0.2) is 0 Å². The smallest absolute Gasteiger partial charge is 0.120 e. The summed E-state index contributed by atoms with van der Waals surface area (Å²) in [5.41, 5.74) is 0. The highest BCUT2D eigenvalue weighted by molar-refractivity contribution is 5.10. The molecule has 15 heavy (non-hydrogen) atoms. The molecule has 1 aliphatic carbocycles. The second kappa shape index (κ2) is 4.40. The first kappa shape index (κ1) is 10.7. The molecule has 3 atom stereocenters. The minimum Gasteiger partial charge on any atom is -0.464 e. The number of nitrogens with one attached hydrogen (secondary N) is 1. The molecule has 2 rings (SSSR count). The van der Waals surface area contributed by atoms with E-state index in [1.54, 1.807) is 0 Å². The SMILES string of the molecule is CCc1ccc(C(C)NCC2CC2C)o1. The maximum atomic E-state index is 5.71. The van der Waals surface area contributed by atoms with Gasteiger partial charge in [-0.3, -0.25) is 0 Å². The van der Waals surface area contributed by atoms with Gasteiger partial charge in [-0.25, -0.2) is 0 Å². The van der Waals surface area contributed by atoms with Gasteiger partial charge in [0.05, 0.1) is 6.04 Å². The summed E-state index contributed by atoms with van der Waals surface area (Å²) in [6.45, 7) is 7.74. The van der Waals surface area contributed by atoms with Crippen LogP contribution in [0.15, 0.2) is 16.5 Å². The Labute approximate surface area is 92.1 Å². The molecule has 1 aromatic rings. The highest BCUT2D eigenvalue weighted by atomic mass is 16.3. The second-order valence-corrected chi connectivity index (χ2v) is 4.76. The molecule has 0 radical (unpaired) electrons. The average molecular weight is 207 g/mol. The van der Waals surface area contributed by atoms with E-state index in [1.165, 1.54) is 6.42 Å². The van der Waals surface area contributed by atoms with Crippen molar-refractivity contribution in [3.05, 3.63) is 23.7 Å². The average Bonchev–Trinajstić information content (AvgIpc) is 2.78. The summed E-state index contributed by atoms with van der Waals surface area (Å²) in [4.78, 5) is 0. The van der Waals surface area contributed by atoms with Gasteiger partial charge >= 0.3 is 0 Å². The van der Waals surface area contributed by atoms with Gasteiger partial charge in [-0.2, -0.15) is 0 Å². The molecule has 0 aromatic carbocycles. The minimum absolute atomic E-state index is 0.345. The summed E-state index contributed by atoms with van der Waals surface area (Å²) in [5, 5.41) is 3.53. The molecule has 0 spiro atoms. The van der Waals surface area contributed by atoms with Gasteiger partial charge < -0.3 is 9.73 Å². The van der Waals surface area contributed by atoms with Crippen LogP contribution in [0, 0.1) is 11.8 Å². The fourth-order valence-corrected chi connectivity index (χ4v) is 1.93. The maximum absolute atomic E-state index is 5.71. The number of hydrogen-bond donors (Lipinski definition) is 1. The second-order valence-electron chi connectivity index (χ2n) is 4.76. The molecule has 0 bridgehead atoms. The van der Waals surface area contributed by atoms with E-state index in [0.717, 1.165) is 36.3 Å². The molecule has 84 valence electrons. The Kier molecular flexibility index (Phi) is 3.15. The highest BCUT2D eigenvalue weighted by Gasteiger charge is 2.32. The third kappa shape index (κ3) is 2.63. The molecule has 1 aromatic heterocycles. The van der Waals surface area contributed by atoms with Crippen molar-refractivity contribution in [1.29, 1.82) is 0 Å². The molecule has 0 aliphatic heterocycles. The van der Waals surface area contributed by atoms with Crippen LogP contribution in [0.5, 0.6) is 0 Å². The summed E-state index contributed by atoms with van der Waals surface area (Å²) in [7, 11) is 0. The van der Waals surface area contributed by atoms with Crippen molar-refractivity contribution in [3.63, 3.8) is 0 Å². The summed E-state index contributed by atoms with van der Waals surface area (Å²) < 4.78 is 5.71. The Morgan fingerprint density at radius 2 is 2.27 bits per heavy atom. The standard InChI is InChI=1S/C13H21NO/c1-4-12-5-6-13(15-12)10(3)14-8-11-7-9(11)2/h5-6,9-11,14H,4,7-8H2,1-3H3. The Bertz CT molecular complexity index is 318. The largest absolute Gasteiger partial charge is 0.464 e. The lowest BCUT2D eigenvalue weighted by atomic mass is 10.2. The highest BCUT2D eigenvalue weighted by Crippen LogP contribution is 2.37. The maximum Gasteiger partial charge on any atom is 0.120 e. The zero-order valence-electron chi connectivity index (χ0n) is 9.92. The third-order valence-corrected chi connectivity index (χ3v) is 3.42. The first-order valence-electron chi connectivity index (χ1n) is 6.02. The van der Waals surface area contributed by atoms with Crippen LogP contribution < -0.4 is 5.32 Å². The quantitative estimate of drug-likeness (QED) is 0.802. The Morgan fingerprint density at radius 3 is 2.80 bits per heavy atom. The molecule has 1 fully saturated rings. The minimum atomic E-state index is 0.345. The van der Waals surface area contributed by atoms with Crippen LogP contribution in [-0.4, -0.2) is 6.54 Å². The van der Waals surface area contributed by atoms with Crippen molar-refractivity contribution in [2.45, 2.75) is 39.7 Å². The van der Waals surface area contributed by atoms with Gasteiger partial charge in [-0.05, 0) is 43.9 Å². The molecule has 1 N–H and O–H groups in total. The summed E-state index contributed by atoms with van der Waals surface area (Å²) in [5.74, 6) is 3.97. The summed E-state index contributed by atoms with van der Waals surface area (Å²) in [6.07, 6.45) is 2.37. The number of aryl methyl sites for hydroxylation is 1. The summed E-state index contributed by atoms with van der Waals surface area (Å²) >= 11 is 0. The molecule has 2 heteroatoms. The van der Waals surface area contributed by atoms with E-state index in [4.69, 9.17) is 4.42 Å². The molecule has 2 nitrogen and oxygen atoms in total. The van der Waals surface area contributed by atoms with Gasteiger partial charge in [0.25, 0.3) is 0 Å². The summed E-state index contributed by atoms with van der Waals surface area (Å²) in [6, 6.07) is 4.51. The Balaban J connectivity index is 1.81. The molecule has 0 saturated heterocycles. The Morgan fingerprint density at radius 1 is 1.53 bits per heavy atom. The number of rotatable bonds is 5. The lowest BCUT2D eigenvalue weighted by Gasteiger charge is -2.10. The van der Waals surface area contributed by atoms with E-state index in [9.17, 15) is 0 Å². The van der Waals surface area contributed by atoms with Crippen LogP contribution in [0.4, 0.5) is 0 Å². The van der Waals surface area contributed by atoms with Crippen LogP contribution >= 0.6 is 0 Å². The topological polar surface area (TPSA) is 25.2 Å². The van der Waals surface area contributed by atoms with Gasteiger partial charge in [-0.1, -0.05) is 13.8 Å². The zero-order valence-corrected chi connectivity index (χ0v) is 9.92. The first-order chi connectivity index (χ1) is 7.20. The molecular weight excluding hydrogens is 186 g/mol. The van der Waals surface area contributed by atoms with E-state index in [2.05, 4.69) is 38.2 Å². The van der Waals surface area contributed by atoms with Gasteiger partial charge in [0.1, 0.15) is 11.5 Å². The van der Waals surface area contributed by atoms with Crippen molar-refractivity contribution >= 4 is 0 Å². The zero-order chi connectivity index (χ0) is 10.8. The predicted octanol–water partition coefficient (Wildman–Crippen LogP) is 3.15. The van der Waals surface area contributed by atoms with Crippen LogP contribution in [0.3, 0.4) is 0 Å². The van der Waals surface area contributed by atoms with E-state index < -0.39 is 0 Å². The fourth-order valence-electron chi connectivity index (χ4n) is 1.93. The van der Waals surface area contributed by atoms with Crippen molar-refractivity contribution in [3.8, 4) is 0 Å². The molecule has 1 aliphatic rings. The first-order valence-corrected chi connectivity index (χ1v) is 6.02. The van der Waals surface area contributed by atoms with Crippen molar-refractivity contribution in [1.82, 2.24) is 5.32 Å². The van der Waals surface area contributed by atoms with E-state index >= 15 is 0 Å². The molecule has 0 amide bonds. The van der Waals surface area contributed by atoms with Crippen molar-refractivity contribution in [2.75, 3.05) is 6.54 Å². The van der Waals surface area contributed by atoms with Crippen molar-refractivity contribution < 1.29 is 4.42 Å². The lowest BCUT2D eigenvalue weighted by Crippen LogP contribution is -2.21. The van der Waals surface area contributed by atoms with Gasteiger partial charge in [0, 0.05) is 6.42 Å². The number of hydrogen-bond acceptors (Lipinski definition) is 2. The monoisotopic (exact) mass is 207 g/mol. The molecular formula is C13H21NO. The van der Waals surface area contributed by atoms with Gasteiger partial charge in [-0.15, -0.1) is 0 Å². The van der Waals surface area contributed by atoms with E-state index in [-0.39, 0.29) is 0 Å². The van der Waals surface area contributed by atoms with Crippen LogP contribution in [0.25, 0.3) is 0 Å². The molecule has 1 heterocycles. The van der Waals surface area contributed by atoms with Crippen LogP contribution in [0.2, 0.25) is 0 Å². The third-order valence-electron chi connectivity index (χ3n) is 3.42. The number of furan rings is 1. The fraction of sp³-hybridized carbons (Fsp3) is 0.692. The van der Waals surface area contributed by atoms with E-state index in [0.29, 0.717) is 6.04 Å². The molecule has 1 saturated carbocycles. The van der Waals surface area contributed by atoms with Gasteiger partial charge in [0.2, 0.25) is 0 Å².